The van der Waals surface area contributed by atoms with Gasteiger partial charge in [0, 0.05) is 31.5 Å². The summed E-state index contributed by atoms with van der Waals surface area (Å²) in [5, 5.41) is 19.5. The van der Waals surface area contributed by atoms with Crippen LogP contribution in [0.2, 0.25) is 0 Å². The number of benzene rings is 2. The van der Waals surface area contributed by atoms with Crippen LogP contribution < -0.4 is 5.14 Å². The van der Waals surface area contributed by atoms with Gasteiger partial charge in [0.1, 0.15) is 17.3 Å². The van der Waals surface area contributed by atoms with E-state index in [0.29, 0.717) is 37.1 Å². The molecule has 0 amide bonds. The van der Waals surface area contributed by atoms with Gasteiger partial charge in [0.15, 0.2) is 5.82 Å². The molecule has 0 saturated carbocycles. The Morgan fingerprint density at radius 1 is 1.24 bits per heavy atom. The molecule has 0 radical (unpaired) electrons. The Morgan fingerprint density at radius 3 is 2.58 bits per heavy atom. The van der Waals surface area contributed by atoms with E-state index in [0.717, 1.165) is 18.2 Å². The number of halogens is 1. The van der Waals surface area contributed by atoms with E-state index in [1.165, 1.54) is 16.8 Å². The summed E-state index contributed by atoms with van der Waals surface area (Å²) in [6.07, 6.45) is 0.426. The molecule has 1 aromatic heterocycles. The number of sulfonamides is 1. The van der Waals surface area contributed by atoms with Crippen LogP contribution in [0, 0.1) is 17.2 Å². The largest absolute Gasteiger partial charge is 0.396 e. The van der Waals surface area contributed by atoms with Crippen molar-refractivity contribution in [2.24, 2.45) is 16.5 Å². The molecule has 0 unspecified atom stereocenters. The summed E-state index contributed by atoms with van der Waals surface area (Å²) < 4.78 is 39.6. The molecule has 1 aliphatic heterocycles. The number of aromatic nitrogens is 3. The number of nitrogens with zero attached hydrogens (tertiary/aromatic N) is 4. The number of rotatable bonds is 7. The van der Waals surface area contributed by atoms with E-state index in [-0.39, 0.29) is 22.6 Å². The van der Waals surface area contributed by atoms with Crippen molar-refractivity contribution in [3.63, 3.8) is 0 Å². The van der Waals surface area contributed by atoms with Crippen LogP contribution in [-0.2, 0) is 23.0 Å². The second kappa shape index (κ2) is 8.94. The van der Waals surface area contributed by atoms with Crippen LogP contribution in [0.1, 0.15) is 31.1 Å². The van der Waals surface area contributed by atoms with Crippen LogP contribution in [0.4, 0.5) is 4.39 Å². The van der Waals surface area contributed by atoms with Gasteiger partial charge in [0.2, 0.25) is 10.0 Å². The minimum Gasteiger partial charge on any atom is -0.396 e. The zero-order valence-corrected chi connectivity index (χ0v) is 19.5. The highest BCUT2D eigenvalue weighted by molar-refractivity contribution is 7.89. The molecule has 3 N–H and O–H groups in total. The third-order valence-electron chi connectivity index (χ3n) is 6.43. The van der Waals surface area contributed by atoms with E-state index in [4.69, 9.17) is 10.1 Å². The van der Waals surface area contributed by atoms with Gasteiger partial charge in [-0.25, -0.2) is 27.6 Å². The number of aliphatic hydroxyl groups is 1. The lowest BCUT2D eigenvalue weighted by Crippen LogP contribution is -2.30. The van der Waals surface area contributed by atoms with Crippen molar-refractivity contribution in [3.05, 3.63) is 71.6 Å². The van der Waals surface area contributed by atoms with E-state index in [1.54, 1.807) is 0 Å². The lowest BCUT2D eigenvalue weighted by Gasteiger charge is -2.25. The minimum absolute atomic E-state index is 0.0991. The van der Waals surface area contributed by atoms with Crippen LogP contribution in [0.3, 0.4) is 0 Å². The molecule has 0 aliphatic carbocycles. The van der Waals surface area contributed by atoms with Crippen molar-refractivity contribution in [2.75, 3.05) is 19.7 Å². The molecule has 10 heteroatoms. The monoisotopic (exact) mass is 473 g/mol. The number of primary sulfonamides is 1. The van der Waals surface area contributed by atoms with Gasteiger partial charge in [-0.1, -0.05) is 44.2 Å². The van der Waals surface area contributed by atoms with Gasteiger partial charge in [-0.15, -0.1) is 5.10 Å². The molecule has 2 heterocycles. The van der Waals surface area contributed by atoms with Crippen molar-refractivity contribution in [2.45, 2.75) is 31.7 Å². The van der Waals surface area contributed by atoms with Crippen LogP contribution in [0.25, 0.3) is 5.69 Å². The van der Waals surface area contributed by atoms with Crippen molar-refractivity contribution in [1.82, 2.24) is 19.7 Å². The SMILES string of the molecule is C[C@H]1CN(Cc2nc(Cc3ccccc3)n(-c3ccc(S(N)(=O)=O)cc3F)n2)C[C@]1(C)CO. The highest BCUT2D eigenvalue weighted by Crippen LogP contribution is 2.35. The zero-order chi connectivity index (χ0) is 23.8. The van der Waals surface area contributed by atoms with E-state index < -0.39 is 15.8 Å². The third-order valence-corrected chi connectivity index (χ3v) is 7.34. The molecule has 4 rings (SSSR count). The average molecular weight is 474 g/mol. The fourth-order valence-electron chi connectivity index (χ4n) is 4.25. The average Bonchev–Trinajstić information content (AvgIpc) is 3.28. The van der Waals surface area contributed by atoms with Crippen molar-refractivity contribution in [3.8, 4) is 5.69 Å². The molecule has 1 fully saturated rings. The Morgan fingerprint density at radius 2 is 1.97 bits per heavy atom. The molecule has 1 saturated heterocycles. The molecule has 1 aliphatic rings. The quantitative estimate of drug-likeness (QED) is 0.543. The maximum absolute atomic E-state index is 15.0. The molecule has 0 bridgehead atoms. The van der Waals surface area contributed by atoms with Crippen molar-refractivity contribution >= 4 is 10.0 Å². The first-order valence-corrected chi connectivity index (χ1v) is 12.3. The Kier molecular flexibility index (Phi) is 6.37. The van der Waals surface area contributed by atoms with Crippen LogP contribution in [-0.4, -0.2) is 52.9 Å². The first-order valence-electron chi connectivity index (χ1n) is 10.7. The third kappa shape index (κ3) is 4.98. The van der Waals surface area contributed by atoms with E-state index in [9.17, 15) is 17.9 Å². The summed E-state index contributed by atoms with van der Waals surface area (Å²) in [6.45, 7) is 6.26. The highest BCUT2D eigenvalue weighted by atomic mass is 32.2. The standard InChI is InChI=1S/C23H28FN5O3S/c1-16-12-28(14-23(16,2)15-30)13-21-26-22(10-17-6-4-3-5-7-17)29(27-21)20-9-8-18(11-19(20)24)33(25,31)32/h3-9,11,16,30H,10,12-15H2,1-2H3,(H2,25,31,32)/t16-,23+/m0/s1. The lowest BCUT2D eigenvalue weighted by atomic mass is 9.82. The number of nitrogens with two attached hydrogens (primary N) is 1. The molecule has 33 heavy (non-hydrogen) atoms. The number of aliphatic hydroxyl groups excluding tert-OH is 1. The summed E-state index contributed by atoms with van der Waals surface area (Å²) in [5.74, 6) is 0.632. The molecule has 2 atom stereocenters. The number of hydrogen-bond donors (Lipinski definition) is 2. The Bertz CT molecular complexity index is 1250. The second-order valence-corrected chi connectivity index (χ2v) is 10.6. The summed E-state index contributed by atoms with van der Waals surface area (Å²) in [5.41, 5.74) is 0.898. The van der Waals surface area contributed by atoms with E-state index >= 15 is 0 Å². The van der Waals surface area contributed by atoms with Crippen LogP contribution >= 0.6 is 0 Å². The molecule has 0 spiro atoms. The second-order valence-electron chi connectivity index (χ2n) is 9.06. The summed E-state index contributed by atoms with van der Waals surface area (Å²) in [4.78, 5) is 6.58. The van der Waals surface area contributed by atoms with E-state index in [1.807, 2.05) is 30.3 Å². The number of hydrogen-bond acceptors (Lipinski definition) is 6. The predicted molar refractivity (Wildman–Crippen MR) is 122 cm³/mol. The minimum atomic E-state index is -4.02. The smallest absolute Gasteiger partial charge is 0.238 e. The summed E-state index contributed by atoms with van der Waals surface area (Å²) in [6, 6.07) is 13.2. The molecular weight excluding hydrogens is 445 g/mol. The molecular formula is C23H28FN5O3S. The maximum Gasteiger partial charge on any atom is 0.238 e. The maximum atomic E-state index is 15.0. The summed E-state index contributed by atoms with van der Waals surface area (Å²) in [7, 11) is -4.02. The fourth-order valence-corrected chi connectivity index (χ4v) is 4.77. The normalized spacial score (nSPS) is 21.5. The van der Waals surface area contributed by atoms with Crippen molar-refractivity contribution in [1.29, 1.82) is 0 Å². The Labute approximate surface area is 192 Å². The van der Waals surface area contributed by atoms with Gasteiger partial charge in [-0.2, -0.15) is 0 Å². The lowest BCUT2D eigenvalue weighted by molar-refractivity contribution is 0.116. The summed E-state index contributed by atoms with van der Waals surface area (Å²) >= 11 is 0. The van der Waals surface area contributed by atoms with Crippen molar-refractivity contribution < 1.29 is 17.9 Å². The van der Waals surface area contributed by atoms with Gasteiger partial charge in [0.05, 0.1) is 11.4 Å². The predicted octanol–water partition coefficient (Wildman–Crippen LogP) is 2.09. The topological polar surface area (TPSA) is 114 Å². The Hall–Kier alpha value is -2.66. The van der Waals surface area contributed by atoms with Crippen LogP contribution in [0.15, 0.2) is 53.4 Å². The molecule has 3 aromatic rings. The van der Waals surface area contributed by atoms with E-state index in [2.05, 4.69) is 23.8 Å². The molecule has 176 valence electrons. The molecule has 8 nitrogen and oxygen atoms in total. The first kappa shape index (κ1) is 23.5. The highest BCUT2D eigenvalue weighted by Gasteiger charge is 2.40. The fraction of sp³-hybridized carbons (Fsp3) is 0.391. The molecule has 2 aromatic carbocycles. The number of likely N-dealkylation sites (tertiary alicyclic amines) is 1. The zero-order valence-electron chi connectivity index (χ0n) is 18.6. The van der Waals surface area contributed by atoms with Gasteiger partial charge in [-0.05, 0) is 29.7 Å². The van der Waals surface area contributed by atoms with Gasteiger partial charge in [-0.3, -0.25) is 4.90 Å². The van der Waals surface area contributed by atoms with Gasteiger partial charge < -0.3 is 5.11 Å². The van der Waals surface area contributed by atoms with Gasteiger partial charge in [0.25, 0.3) is 0 Å². The Balaban J connectivity index is 1.69. The first-order chi connectivity index (χ1) is 15.6. The van der Waals surface area contributed by atoms with Gasteiger partial charge >= 0.3 is 0 Å². The van der Waals surface area contributed by atoms with Crippen LogP contribution in [0.5, 0.6) is 0 Å².